The summed E-state index contributed by atoms with van der Waals surface area (Å²) in [7, 11) is 0. The molecule has 0 aromatic rings. The summed E-state index contributed by atoms with van der Waals surface area (Å²) in [4.78, 5) is 12.3. The number of carbonyl (C=O) groups excluding carboxylic acids is 1. The molecule has 1 saturated heterocycles. The fourth-order valence-electron chi connectivity index (χ4n) is 1.60. The predicted molar refractivity (Wildman–Crippen MR) is 69.1 cm³/mol. The standard InChI is InChI=1S/C10H18N2OS2/c1-2-8(5-9(11)14)12-10(13)7-3-4-15-6-7/h7-8H,2-6H2,1H3,(H2,11,14)(H,12,13). The van der Waals surface area contributed by atoms with E-state index in [0.29, 0.717) is 11.4 Å². The van der Waals surface area contributed by atoms with Crippen LogP contribution in [-0.4, -0.2) is 28.4 Å². The molecule has 0 spiro atoms. The summed E-state index contributed by atoms with van der Waals surface area (Å²) in [6.45, 7) is 2.03. The molecule has 86 valence electrons. The van der Waals surface area contributed by atoms with Crippen LogP contribution in [-0.2, 0) is 4.79 Å². The lowest BCUT2D eigenvalue weighted by Gasteiger charge is -2.18. The Labute approximate surface area is 101 Å². The topological polar surface area (TPSA) is 55.1 Å². The smallest absolute Gasteiger partial charge is 0.224 e. The van der Waals surface area contributed by atoms with Gasteiger partial charge in [-0.25, -0.2) is 0 Å². The Morgan fingerprint density at radius 2 is 2.47 bits per heavy atom. The Balaban J connectivity index is 2.36. The van der Waals surface area contributed by atoms with Gasteiger partial charge < -0.3 is 11.1 Å². The zero-order chi connectivity index (χ0) is 11.3. The molecule has 2 unspecified atom stereocenters. The van der Waals surface area contributed by atoms with Gasteiger partial charge in [-0.2, -0.15) is 11.8 Å². The third kappa shape index (κ3) is 4.38. The average Bonchev–Trinajstić information content (AvgIpc) is 2.68. The summed E-state index contributed by atoms with van der Waals surface area (Å²) in [6.07, 6.45) is 2.49. The highest BCUT2D eigenvalue weighted by Crippen LogP contribution is 2.23. The number of amides is 1. The first-order valence-corrected chi connectivity index (χ1v) is 6.86. The van der Waals surface area contributed by atoms with E-state index in [-0.39, 0.29) is 17.9 Å². The maximum atomic E-state index is 11.8. The van der Waals surface area contributed by atoms with Gasteiger partial charge in [-0.3, -0.25) is 4.79 Å². The highest BCUT2D eigenvalue weighted by atomic mass is 32.2. The summed E-state index contributed by atoms with van der Waals surface area (Å²) in [6, 6.07) is 0.112. The van der Waals surface area contributed by atoms with E-state index in [0.717, 1.165) is 24.3 Å². The Morgan fingerprint density at radius 3 is 2.93 bits per heavy atom. The quantitative estimate of drug-likeness (QED) is 0.718. The van der Waals surface area contributed by atoms with Crippen LogP contribution in [0, 0.1) is 5.92 Å². The van der Waals surface area contributed by atoms with Gasteiger partial charge in [0, 0.05) is 24.1 Å². The molecule has 1 aliphatic rings. The molecule has 5 heteroatoms. The largest absolute Gasteiger partial charge is 0.393 e. The number of thiocarbonyl (C=S) groups is 1. The molecule has 0 aromatic carbocycles. The monoisotopic (exact) mass is 246 g/mol. The molecule has 3 N–H and O–H groups in total. The van der Waals surface area contributed by atoms with Crippen LogP contribution in [0.4, 0.5) is 0 Å². The summed E-state index contributed by atoms with van der Waals surface area (Å²) in [5, 5.41) is 3.02. The third-order valence-electron chi connectivity index (χ3n) is 2.59. The highest BCUT2D eigenvalue weighted by molar-refractivity contribution is 7.99. The van der Waals surface area contributed by atoms with E-state index in [4.69, 9.17) is 18.0 Å². The normalized spacial score (nSPS) is 22.3. The summed E-state index contributed by atoms with van der Waals surface area (Å²) in [5.41, 5.74) is 5.47. The van der Waals surface area contributed by atoms with Crippen LogP contribution < -0.4 is 11.1 Å². The lowest BCUT2D eigenvalue weighted by atomic mass is 10.1. The van der Waals surface area contributed by atoms with Crippen molar-refractivity contribution in [2.75, 3.05) is 11.5 Å². The Bertz CT molecular complexity index is 240. The third-order valence-corrected chi connectivity index (χ3v) is 3.92. The van der Waals surface area contributed by atoms with Gasteiger partial charge in [0.15, 0.2) is 0 Å². The number of nitrogens with one attached hydrogen (secondary N) is 1. The van der Waals surface area contributed by atoms with Gasteiger partial charge in [0.1, 0.15) is 0 Å². The molecule has 1 heterocycles. The van der Waals surface area contributed by atoms with E-state index in [1.807, 2.05) is 18.7 Å². The molecule has 0 aliphatic carbocycles. The minimum Gasteiger partial charge on any atom is -0.393 e. The maximum Gasteiger partial charge on any atom is 0.224 e. The molecule has 3 nitrogen and oxygen atoms in total. The van der Waals surface area contributed by atoms with Crippen LogP contribution in [0.1, 0.15) is 26.2 Å². The van der Waals surface area contributed by atoms with Crippen molar-refractivity contribution in [1.29, 1.82) is 0 Å². The highest BCUT2D eigenvalue weighted by Gasteiger charge is 2.24. The Hall–Kier alpha value is -0.290. The van der Waals surface area contributed by atoms with Gasteiger partial charge in [-0.15, -0.1) is 0 Å². The molecular weight excluding hydrogens is 228 g/mol. The molecule has 0 radical (unpaired) electrons. The SMILES string of the molecule is CCC(CC(N)=S)NC(=O)C1CCSC1. The van der Waals surface area contributed by atoms with E-state index in [1.165, 1.54) is 0 Å². The van der Waals surface area contributed by atoms with Gasteiger partial charge in [-0.1, -0.05) is 19.1 Å². The minimum absolute atomic E-state index is 0.112. The lowest BCUT2D eigenvalue weighted by Crippen LogP contribution is -2.40. The molecule has 2 atom stereocenters. The summed E-state index contributed by atoms with van der Waals surface area (Å²) < 4.78 is 0. The van der Waals surface area contributed by atoms with Crippen molar-refractivity contribution in [3.63, 3.8) is 0 Å². The van der Waals surface area contributed by atoms with Crippen LogP contribution in [0.3, 0.4) is 0 Å². The van der Waals surface area contributed by atoms with Crippen molar-refractivity contribution in [2.24, 2.45) is 11.7 Å². The van der Waals surface area contributed by atoms with Gasteiger partial charge in [0.05, 0.1) is 4.99 Å². The van der Waals surface area contributed by atoms with Crippen LogP contribution >= 0.6 is 24.0 Å². The molecule has 1 amide bonds. The van der Waals surface area contributed by atoms with Crippen molar-refractivity contribution < 1.29 is 4.79 Å². The first kappa shape index (κ1) is 12.8. The van der Waals surface area contributed by atoms with Gasteiger partial charge in [-0.05, 0) is 18.6 Å². The van der Waals surface area contributed by atoms with E-state index < -0.39 is 0 Å². The molecule has 0 saturated carbocycles. The zero-order valence-electron chi connectivity index (χ0n) is 8.99. The van der Waals surface area contributed by atoms with Crippen LogP contribution in [0.25, 0.3) is 0 Å². The number of nitrogens with two attached hydrogens (primary N) is 1. The van der Waals surface area contributed by atoms with Crippen molar-refractivity contribution in [3.05, 3.63) is 0 Å². The summed E-state index contributed by atoms with van der Waals surface area (Å²) >= 11 is 6.70. The fraction of sp³-hybridized carbons (Fsp3) is 0.800. The second-order valence-corrected chi connectivity index (χ2v) is 5.52. The van der Waals surface area contributed by atoms with E-state index in [1.54, 1.807) is 0 Å². The molecular formula is C10H18N2OS2. The number of carbonyl (C=O) groups is 1. The van der Waals surface area contributed by atoms with Gasteiger partial charge in [0.2, 0.25) is 5.91 Å². The zero-order valence-corrected chi connectivity index (χ0v) is 10.6. The minimum atomic E-state index is 0.112. The number of hydrogen-bond donors (Lipinski definition) is 2. The number of rotatable bonds is 5. The van der Waals surface area contributed by atoms with Crippen molar-refractivity contribution in [1.82, 2.24) is 5.32 Å². The number of thioether (sulfide) groups is 1. The van der Waals surface area contributed by atoms with E-state index >= 15 is 0 Å². The lowest BCUT2D eigenvalue weighted by molar-refractivity contribution is -0.124. The molecule has 0 bridgehead atoms. The number of hydrogen-bond acceptors (Lipinski definition) is 3. The fourth-order valence-corrected chi connectivity index (χ4v) is 3.02. The second kappa shape index (κ2) is 6.33. The predicted octanol–water partition coefficient (Wildman–Crippen LogP) is 1.31. The van der Waals surface area contributed by atoms with Crippen LogP contribution in [0.2, 0.25) is 0 Å². The Kier molecular flexibility index (Phi) is 5.39. The van der Waals surface area contributed by atoms with Gasteiger partial charge in [0.25, 0.3) is 0 Å². The Morgan fingerprint density at radius 1 is 1.73 bits per heavy atom. The molecule has 1 rings (SSSR count). The van der Waals surface area contributed by atoms with Crippen LogP contribution in [0.15, 0.2) is 0 Å². The molecule has 1 fully saturated rings. The van der Waals surface area contributed by atoms with Crippen LogP contribution in [0.5, 0.6) is 0 Å². The van der Waals surface area contributed by atoms with Gasteiger partial charge >= 0.3 is 0 Å². The summed E-state index contributed by atoms with van der Waals surface area (Å²) in [5.74, 6) is 2.41. The van der Waals surface area contributed by atoms with Crippen molar-refractivity contribution in [3.8, 4) is 0 Å². The van der Waals surface area contributed by atoms with Crippen molar-refractivity contribution >= 4 is 34.9 Å². The average molecular weight is 246 g/mol. The van der Waals surface area contributed by atoms with E-state index in [9.17, 15) is 4.79 Å². The first-order chi connectivity index (χ1) is 7.13. The molecule has 15 heavy (non-hydrogen) atoms. The first-order valence-electron chi connectivity index (χ1n) is 5.30. The molecule has 0 aromatic heterocycles. The maximum absolute atomic E-state index is 11.8. The molecule has 1 aliphatic heterocycles. The van der Waals surface area contributed by atoms with E-state index in [2.05, 4.69) is 5.32 Å². The van der Waals surface area contributed by atoms with Crippen molar-refractivity contribution in [2.45, 2.75) is 32.2 Å². The second-order valence-electron chi connectivity index (χ2n) is 3.84.